The minimum atomic E-state index is -3.46. The molecule has 0 radical (unpaired) electrons. The Labute approximate surface area is 746 Å². The molecular formula is C98H158N6O20S. The Kier molecular flexibility index (Phi) is 29.5. The van der Waals surface area contributed by atoms with Crippen molar-refractivity contribution < 1.29 is 94.2 Å². The number of Topliss-reactive ketones (excluding diaryl/α,β-unsaturated/α-hetero) is 1. The molecule has 3 saturated heterocycles. The fraction of sp³-hybridized carbons (Fsp3) is 0.908. The lowest BCUT2D eigenvalue weighted by molar-refractivity contribution is -0.252. The molecule has 17 rings (SSSR count). The maximum absolute atomic E-state index is 12.7. The van der Waals surface area contributed by atoms with Crippen molar-refractivity contribution in [3.63, 3.8) is 0 Å². The van der Waals surface area contributed by atoms with Gasteiger partial charge in [-0.1, -0.05) is 95.4 Å². The van der Waals surface area contributed by atoms with E-state index in [1.807, 2.05) is 15.7 Å². The summed E-state index contributed by atoms with van der Waals surface area (Å²) < 4.78 is 94.0. The number of rotatable bonds is 20. The van der Waals surface area contributed by atoms with E-state index in [9.17, 15) is 42.6 Å². The zero-order valence-electron chi connectivity index (χ0n) is 78.9. The second-order valence-electron chi connectivity index (χ2n) is 44.5. The van der Waals surface area contributed by atoms with Gasteiger partial charge in [0.2, 0.25) is 0 Å². The van der Waals surface area contributed by atoms with Crippen LogP contribution in [0, 0.1) is 132 Å². The molecule has 26 nitrogen and oxygen atoms in total. The molecule has 28 atom stereocenters. The molecule has 2 aromatic rings. The number of aliphatic hydroxyl groups is 2. The van der Waals surface area contributed by atoms with Gasteiger partial charge in [0.15, 0.2) is 17.4 Å². The van der Waals surface area contributed by atoms with Gasteiger partial charge in [-0.25, -0.2) is 9.97 Å². The Bertz CT molecular complexity index is 4100. The maximum Gasteiger partial charge on any atom is 0.302 e. The summed E-state index contributed by atoms with van der Waals surface area (Å²) in [5, 5.41) is 28.8. The summed E-state index contributed by atoms with van der Waals surface area (Å²) in [6, 6.07) is 0. The van der Waals surface area contributed by atoms with Gasteiger partial charge in [0.05, 0.1) is 58.6 Å². The van der Waals surface area contributed by atoms with Gasteiger partial charge in [-0.2, -0.15) is 18.6 Å². The zero-order valence-corrected chi connectivity index (χ0v) is 79.7. The fourth-order valence-corrected chi connectivity index (χ4v) is 31.2. The number of hydrogen-bond acceptors (Lipinski definition) is 24. The fourth-order valence-electron chi connectivity index (χ4n) is 30.8. The number of hydrogen-bond donors (Lipinski definition) is 2. The Balaban J connectivity index is 0.000000136. The average molecular weight is 1770 g/mol. The van der Waals surface area contributed by atoms with Crippen molar-refractivity contribution in [2.45, 2.75) is 370 Å². The first-order valence-electron chi connectivity index (χ1n) is 49.0. The van der Waals surface area contributed by atoms with Gasteiger partial charge in [-0.15, -0.1) is 0 Å². The number of nitrogens with zero attached hydrogens (tertiary/aromatic N) is 6. The minimum Gasteiger partial charge on any atom is -0.462 e. The standard InChI is InChI=1S/C26H41N3O4.C25H42O7S.C24H40O5.C23H35N3O4/c1-18-5-9-24(3,20(15-18)8-12-29-17-27-16-28-29)21-6-10-25(4)22(23(21)33-19(2)30)7-11-26(25)31-13-14-32-26;1-17-6-10-23(3,19(16-17)9-13-31-33(5,27)28)20-7-11-24(4)21(22(20)32-18(2)26)8-12-25(24)29-14-15-30-25;1-16-5-9-22(3,18(15-16)8-12-25)19-6-10-23(4)20(21(19)29-17(2)26)7-11-24(23)27-13-14-28-24;1-15(27)30-21-18-4-5-20(29)23(18,3)10-7-19(21)22(2)9-6-17(28)12-16(22)8-11-26-14-24-13-25-26/h16-18,20-23H,5-15H2,1-4H3;17,19-22H,6-16H2,1-5H3;16,18-21,25H,5-15H2,1-4H3;13-14,16-19,21,28H,4-12H2,1-3H3/t18-,20-,21-,22-,23+,24-,25-;17-,19-,20-,21-,22+,23-,24-;16-,18-,19-,20-,21+,22-,23-;16-,17-,18-,19-,21-,22-,23-/m0000/s1. The molecule has 0 aromatic carbocycles. The van der Waals surface area contributed by atoms with Crippen LogP contribution in [0.4, 0.5) is 0 Å². The third-order valence-electron chi connectivity index (χ3n) is 38.0. The van der Waals surface area contributed by atoms with E-state index < -0.39 is 27.5 Å². The summed E-state index contributed by atoms with van der Waals surface area (Å²) in [4.78, 5) is 69.7. The van der Waals surface area contributed by atoms with Crippen LogP contribution in [-0.2, 0) is 98.7 Å². The van der Waals surface area contributed by atoms with E-state index in [4.69, 9.17) is 51.6 Å². The van der Waals surface area contributed by atoms with Gasteiger partial charge in [-0.05, 0) is 224 Å². The summed E-state index contributed by atoms with van der Waals surface area (Å²) in [6.07, 6.45) is 38.3. The number of aliphatic hydroxyl groups excluding tert-OH is 2. The number of ketones is 1. The lowest BCUT2D eigenvalue weighted by Gasteiger charge is -2.57. The van der Waals surface area contributed by atoms with E-state index in [2.05, 4.69) is 96.3 Å². The van der Waals surface area contributed by atoms with Crippen LogP contribution >= 0.6 is 0 Å². The van der Waals surface area contributed by atoms with Gasteiger partial charge in [0.1, 0.15) is 55.5 Å². The third kappa shape index (κ3) is 18.7. The first kappa shape index (κ1) is 96.5. The molecule has 0 bridgehead atoms. The topological polar surface area (TPSA) is 323 Å². The largest absolute Gasteiger partial charge is 0.462 e. The molecular weight excluding hydrogens is 1610 g/mol. The van der Waals surface area contributed by atoms with Crippen molar-refractivity contribution >= 4 is 39.8 Å². The van der Waals surface area contributed by atoms with Crippen LogP contribution in [-0.4, -0.2) is 185 Å². The second-order valence-corrected chi connectivity index (χ2v) is 46.1. The van der Waals surface area contributed by atoms with Gasteiger partial charge >= 0.3 is 23.9 Å². The van der Waals surface area contributed by atoms with Crippen LogP contribution in [0.1, 0.15) is 309 Å². The molecule has 706 valence electrons. The number of esters is 4. The molecule has 125 heavy (non-hydrogen) atoms. The van der Waals surface area contributed by atoms with E-state index in [1.165, 1.54) is 46.0 Å². The third-order valence-corrected chi connectivity index (χ3v) is 38.6. The highest BCUT2D eigenvalue weighted by molar-refractivity contribution is 7.86. The maximum atomic E-state index is 12.7. The van der Waals surface area contributed by atoms with Crippen molar-refractivity contribution in [1.29, 1.82) is 0 Å². The van der Waals surface area contributed by atoms with E-state index in [0.29, 0.717) is 106 Å². The molecule has 2 N–H and O–H groups in total. The smallest absolute Gasteiger partial charge is 0.302 e. The van der Waals surface area contributed by atoms with E-state index >= 15 is 0 Å². The molecule has 15 aliphatic rings. The predicted octanol–water partition coefficient (Wildman–Crippen LogP) is 16.4. The zero-order chi connectivity index (χ0) is 89.7. The van der Waals surface area contributed by atoms with Gasteiger partial charge < -0.3 is 57.6 Å². The molecule has 0 amide bonds. The lowest BCUT2D eigenvalue weighted by atomic mass is 9.50. The number of ether oxygens (including phenoxy) is 10. The Morgan fingerprint density at radius 1 is 0.424 bits per heavy atom. The summed E-state index contributed by atoms with van der Waals surface area (Å²) in [5.74, 6) is 3.69. The summed E-state index contributed by atoms with van der Waals surface area (Å²) in [6.45, 7) is 37.7. The summed E-state index contributed by atoms with van der Waals surface area (Å²) in [7, 11) is -3.46. The molecule has 12 saturated carbocycles. The van der Waals surface area contributed by atoms with E-state index in [1.54, 1.807) is 32.8 Å². The van der Waals surface area contributed by atoms with Gasteiger partial charge in [0.25, 0.3) is 10.1 Å². The van der Waals surface area contributed by atoms with Crippen LogP contribution in [0.25, 0.3) is 0 Å². The highest BCUT2D eigenvalue weighted by atomic mass is 32.2. The Morgan fingerprint density at radius 3 is 1.08 bits per heavy atom. The highest BCUT2D eigenvalue weighted by Gasteiger charge is 2.72. The van der Waals surface area contributed by atoms with Crippen LogP contribution < -0.4 is 0 Å². The summed E-state index contributed by atoms with van der Waals surface area (Å²) in [5.41, 5.74) is -0.593. The molecule has 3 spiro atoms. The first-order chi connectivity index (χ1) is 59.2. The monoisotopic (exact) mass is 1770 g/mol. The average Bonchev–Trinajstić information content (AvgIpc) is 1.56. The number of carbonyl (C=O) groups excluding carboxylic acids is 5. The predicted molar refractivity (Wildman–Crippen MR) is 467 cm³/mol. The van der Waals surface area contributed by atoms with Crippen molar-refractivity contribution in [3.8, 4) is 0 Å². The summed E-state index contributed by atoms with van der Waals surface area (Å²) >= 11 is 0. The van der Waals surface area contributed by atoms with Crippen LogP contribution in [0.3, 0.4) is 0 Å². The SMILES string of the molecule is CC(=O)O[C@@H]1[C@@H]([C@@]2(C)CC[C@H](C)C[C@@H]2CCO)CC[C@@]2(C)[C@H]1CCC21OCCO1.CC(=O)O[C@@H]1[C@@H]([C@@]2(C)CC[C@H](C)C[C@@H]2CCOS(C)(=O)=O)CC[C@@]2(C)[C@H]1CCC21OCCO1.CC(=O)O[C@@H]1[C@@H]([C@@]2(C)CC[C@H](C)C[C@@H]2CCn2cncn2)CC[C@@]2(C)[C@H]1CCC21OCCO1.CC(=O)O[C@@H]1[C@@H]([C@@]2(C)CC[C@H](O)C[C@@H]2CCn2cncn2)CC[C@]2(C)C(=O)CC[C@@H]12. The van der Waals surface area contributed by atoms with Crippen LogP contribution in [0.5, 0.6) is 0 Å². The van der Waals surface area contributed by atoms with Crippen molar-refractivity contribution in [1.82, 2.24) is 29.5 Å². The molecule has 0 unspecified atom stereocenters. The first-order valence-corrected chi connectivity index (χ1v) is 50.8. The Morgan fingerprint density at radius 2 is 0.744 bits per heavy atom. The molecule has 5 heterocycles. The van der Waals surface area contributed by atoms with Crippen molar-refractivity contribution in [2.75, 3.05) is 59.1 Å². The number of fused-ring (bicyclic) bond motifs is 7. The quantitative estimate of drug-likeness (QED) is 0.0706. The van der Waals surface area contributed by atoms with Crippen LogP contribution in [0.15, 0.2) is 25.3 Å². The van der Waals surface area contributed by atoms with Crippen molar-refractivity contribution in [2.24, 2.45) is 132 Å². The normalized spacial score (nSPS) is 43.3. The molecule has 27 heteroatoms. The number of aryl methyl sites for hydroxylation is 2. The Hall–Kier alpha value is -4.58. The molecule has 3 aliphatic heterocycles. The van der Waals surface area contributed by atoms with E-state index in [0.717, 1.165) is 186 Å². The van der Waals surface area contributed by atoms with Crippen LogP contribution in [0.2, 0.25) is 0 Å². The highest BCUT2D eigenvalue weighted by Crippen LogP contribution is 2.71. The second kappa shape index (κ2) is 38.2. The molecule has 15 fully saturated rings. The van der Waals surface area contributed by atoms with Crippen molar-refractivity contribution in [3.05, 3.63) is 25.3 Å². The van der Waals surface area contributed by atoms with Gasteiger partial charge in [0, 0.05) is 142 Å². The molecule has 2 aromatic heterocycles. The number of aromatic nitrogens is 6. The van der Waals surface area contributed by atoms with E-state index in [-0.39, 0.29) is 146 Å². The minimum absolute atomic E-state index is 0.0397. The molecule has 12 aliphatic carbocycles. The van der Waals surface area contributed by atoms with Gasteiger partial charge in [-0.3, -0.25) is 37.5 Å². The lowest BCUT2D eigenvalue weighted by Crippen LogP contribution is -2.58. The number of carbonyl (C=O) groups is 5.